The molecule has 35 heavy (non-hydrogen) atoms. The lowest BCUT2D eigenvalue weighted by Crippen LogP contribution is -2.33. The topological polar surface area (TPSA) is 32.7 Å². The van der Waals surface area contributed by atoms with E-state index in [4.69, 9.17) is 4.74 Å². The van der Waals surface area contributed by atoms with E-state index in [0.717, 1.165) is 17.9 Å². The van der Waals surface area contributed by atoms with Gasteiger partial charge in [0.2, 0.25) is 0 Å². The molecular weight excluding hydrogens is 430 g/mol. The monoisotopic (exact) mass is 461 g/mol. The number of hydrogen-bond acceptors (Lipinski definition) is 3. The number of likely N-dealkylation sites (tertiary alicyclic amines) is 1. The van der Waals surface area contributed by atoms with Crippen molar-refractivity contribution in [2.24, 2.45) is 0 Å². The first-order chi connectivity index (χ1) is 17.3. The summed E-state index contributed by atoms with van der Waals surface area (Å²) in [6.07, 6.45) is 3.96. The highest BCUT2D eigenvalue weighted by atomic mass is 16.5. The summed E-state index contributed by atoms with van der Waals surface area (Å²) in [5.74, 6) is 1.19. The minimum absolute atomic E-state index is 0.279. The number of benzene rings is 4. The molecule has 0 radical (unpaired) electrons. The maximum atomic E-state index is 10.0. The summed E-state index contributed by atoms with van der Waals surface area (Å²) >= 11 is 0. The summed E-state index contributed by atoms with van der Waals surface area (Å²) in [6.45, 7) is 4.08. The molecule has 4 aromatic carbocycles. The standard InChI is InChI=1S/C32H31NO2/c34-26-16-12-24(13-17-26)32(30-10-4-2-8-28(30)29-9-3-5-11-31(29)32)25-14-18-27(19-15-25)35-23-22-33-20-6-1-7-21-33/h2-5,8-19,34H,1,6-7,20-23H2. The normalized spacial score (nSPS) is 16.5. The van der Waals surface area contributed by atoms with Crippen LogP contribution in [0.5, 0.6) is 11.5 Å². The third-order valence-corrected chi connectivity index (χ3v) is 7.66. The zero-order valence-corrected chi connectivity index (χ0v) is 20.0. The molecule has 0 bridgehead atoms. The van der Waals surface area contributed by atoms with E-state index in [2.05, 4.69) is 89.8 Å². The van der Waals surface area contributed by atoms with Crippen LogP contribution in [0.1, 0.15) is 41.5 Å². The second-order valence-electron chi connectivity index (χ2n) is 9.66. The average Bonchev–Trinajstić information content (AvgIpc) is 3.22. The van der Waals surface area contributed by atoms with Gasteiger partial charge in [-0.25, -0.2) is 0 Å². The molecular formula is C32H31NO2. The Balaban J connectivity index is 1.39. The number of aromatic hydroxyl groups is 1. The highest BCUT2D eigenvalue weighted by Gasteiger charge is 2.45. The van der Waals surface area contributed by atoms with E-state index in [1.54, 1.807) is 12.1 Å². The number of phenolic OH excluding ortho intramolecular Hbond substituents is 1. The summed E-state index contributed by atoms with van der Waals surface area (Å²) in [5, 5.41) is 10.0. The predicted molar refractivity (Wildman–Crippen MR) is 141 cm³/mol. The first kappa shape index (κ1) is 21.9. The third kappa shape index (κ3) is 3.81. The predicted octanol–water partition coefficient (Wildman–Crippen LogP) is 6.62. The van der Waals surface area contributed by atoms with Crippen LogP contribution in [0, 0.1) is 0 Å². The van der Waals surface area contributed by atoms with Crippen LogP contribution in [0.4, 0.5) is 0 Å². The molecule has 0 atom stereocenters. The third-order valence-electron chi connectivity index (χ3n) is 7.66. The van der Waals surface area contributed by atoms with Gasteiger partial charge in [-0.15, -0.1) is 0 Å². The maximum Gasteiger partial charge on any atom is 0.119 e. The van der Waals surface area contributed by atoms with E-state index in [1.165, 1.54) is 60.2 Å². The molecule has 6 rings (SSSR count). The van der Waals surface area contributed by atoms with Gasteiger partial charge in [-0.1, -0.05) is 79.2 Å². The minimum Gasteiger partial charge on any atom is -0.508 e. The minimum atomic E-state index is -0.451. The highest BCUT2D eigenvalue weighted by Crippen LogP contribution is 2.56. The second-order valence-corrected chi connectivity index (χ2v) is 9.66. The SMILES string of the molecule is Oc1ccc(C2(c3ccc(OCCN4CCCCC4)cc3)c3ccccc3-c3ccccc32)cc1. The molecule has 3 heteroatoms. The summed E-state index contributed by atoms with van der Waals surface area (Å²) in [5.41, 5.74) is 6.95. The Labute approximate surface area is 207 Å². The van der Waals surface area contributed by atoms with Crippen molar-refractivity contribution in [1.29, 1.82) is 0 Å². The Kier molecular flexibility index (Phi) is 5.79. The van der Waals surface area contributed by atoms with Gasteiger partial charge >= 0.3 is 0 Å². The van der Waals surface area contributed by atoms with E-state index in [9.17, 15) is 5.11 Å². The first-order valence-electron chi connectivity index (χ1n) is 12.7. The fraction of sp³-hybridized carbons (Fsp3) is 0.250. The van der Waals surface area contributed by atoms with E-state index >= 15 is 0 Å². The van der Waals surface area contributed by atoms with Gasteiger partial charge in [0, 0.05) is 6.54 Å². The van der Waals surface area contributed by atoms with Gasteiger partial charge in [-0.3, -0.25) is 4.90 Å². The van der Waals surface area contributed by atoms with Crippen molar-refractivity contribution in [2.45, 2.75) is 24.7 Å². The Hall–Kier alpha value is -3.56. The van der Waals surface area contributed by atoms with E-state index in [0.29, 0.717) is 6.61 Å². The first-order valence-corrected chi connectivity index (χ1v) is 12.7. The molecule has 1 saturated heterocycles. The van der Waals surface area contributed by atoms with Crippen LogP contribution in [0.25, 0.3) is 11.1 Å². The smallest absolute Gasteiger partial charge is 0.119 e. The summed E-state index contributed by atoms with van der Waals surface area (Å²) in [7, 11) is 0. The van der Waals surface area contributed by atoms with Crippen molar-refractivity contribution in [3.63, 3.8) is 0 Å². The average molecular weight is 462 g/mol. The van der Waals surface area contributed by atoms with Crippen LogP contribution >= 0.6 is 0 Å². The molecule has 1 N–H and O–H groups in total. The van der Waals surface area contributed by atoms with Gasteiger partial charge in [-0.2, -0.15) is 0 Å². The van der Waals surface area contributed by atoms with Crippen molar-refractivity contribution < 1.29 is 9.84 Å². The quantitative estimate of drug-likeness (QED) is 0.308. The largest absolute Gasteiger partial charge is 0.508 e. The molecule has 3 nitrogen and oxygen atoms in total. The molecule has 1 heterocycles. The summed E-state index contributed by atoms with van der Waals surface area (Å²) in [6, 6.07) is 33.7. The van der Waals surface area contributed by atoms with Gasteiger partial charge < -0.3 is 9.84 Å². The number of piperidine rings is 1. The fourth-order valence-electron chi connectivity index (χ4n) is 6.01. The van der Waals surface area contributed by atoms with Crippen LogP contribution in [0.15, 0.2) is 97.1 Å². The Bertz CT molecular complexity index is 1260. The Morgan fingerprint density at radius 3 is 1.80 bits per heavy atom. The van der Waals surface area contributed by atoms with Gasteiger partial charge in [-0.05, 0) is 83.6 Å². The molecule has 0 amide bonds. The zero-order chi connectivity index (χ0) is 23.7. The lowest BCUT2D eigenvalue weighted by atomic mass is 9.68. The van der Waals surface area contributed by atoms with Crippen LogP contribution in [0.2, 0.25) is 0 Å². The van der Waals surface area contributed by atoms with Crippen LogP contribution in [0.3, 0.4) is 0 Å². The number of phenols is 1. The van der Waals surface area contributed by atoms with Gasteiger partial charge in [0.1, 0.15) is 18.1 Å². The fourth-order valence-corrected chi connectivity index (χ4v) is 6.01. The lowest BCUT2D eigenvalue weighted by molar-refractivity contribution is 0.183. The summed E-state index contributed by atoms with van der Waals surface area (Å²) in [4.78, 5) is 2.50. The zero-order valence-electron chi connectivity index (χ0n) is 20.0. The number of fused-ring (bicyclic) bond motifs is 3. The van der Waals surface area contributed by atoms with Gasteiger partial charge in [0.05, 0.1) is 5.41 Å². The number of ether oxygens (including phenoxy) is 1. The molecule has 0 unspecified atom stereocenters. The van der Waals surface area contributed by atoms with E-state index < -0.39 is 5.41 Å². The van der Waals surface area contributed by atoms with Crippen LogP contribution < -0.4 is 4.74 Å². The van der Waals surface area contributed by atoms with Crippen molar-refractivity contribution in [2.75, 3.05) is 26.2 Å². The number of rotatable bonds is 6. The highest BCUT2D eigenvalue weighted by molar-refractivity contribution is 5.86. The van der Waals surface area contributed by atoms with Crippen molar-refractivity contribution in [1.82, 2.24) is 4.90 Å². The maximum absolute atomic E-state index is 10.0. The van der Waals surface area contributed by atoms with E-state index in [-0.39, 0.29) is 5.75 Å². The van der Waals surface area contributed by atoms with Crippen molar-refractivity contribution in [3.8, 4) is 22.6 Å². The van der Waals surface area contributed by atoms with Gasteiger partial charge in [0.25, 0.3) is 0 Å². The molecule has 0 saturated carbocycles. The Morgan fingerprint density at radius 1 is 0.657 bits per heavy atom. The number of hydrogen-bond donors (Lipinski definition) is 1. The molecule has 1 aliphatic carbocycles. The molecule has 0 aromatic heterocycles. The lowest BCUT2D eigenvalue weighted by Gasteiger charge is -2.34. The van der Waals surface area contributed by atoms with Gasteiger partial charge in [0.15, 0.2) is 0 Å². The molecule has 176 valence electrons. The van der Waals surface area contributed by atoms with Crippen molar-refractivity contribution >= 4 is 0 Å². The van der Waals surface area contributed by atoms with Crippen molar-refractivity contribution in [3.05, 3.63) is 119 Å². The van der Waals surface area contributed by atoms with E-state index in [1.807, 2.05) is 0 Å². The number of nitrogens with zero attached hydrogens (tertiary/aromatic N) is 1. The molecule has 0 spiro atoms. The second kappa shape index (κ2) is 9.24. The Morgan fingerprint density at radius 2 is 1.20 bits per heavy atom. The molecule has 2 aliphatic rings. The molecule has 1 aliphatic heterocycles. The van der Waals surface area contributed by atoms with Crippen LogP contribution in [-0.4, -0.2) is 36.2 Å². The summed E-state index contributed by atoms with van der Waals surface area (Å²) < 4.78 is 6.14. The molecule has 4 aromatic rings. The van der Waals surface area contributed by atoms with Crippen LogP contribution in [-0.2, 0) is 5.41 Å². The molecule has 1 fully saturated rings.